The predicted molar refractivity (Wildman–Crippen MR) is 95.3 cm³/mol. The van der Waals surface area contributed by atoms with Gasteiger partial charge in [-0.2, -0.15) is 0 Å². The lowest BCUT2D eigenvalue weighted by Crippen LogP contribution is -2.00. The topological polar surface area (TPSA) is 44.8 Å². The van der Waals surface area contributed by atoms with Gasteiger partial charge in [-0.1, -0.05) is 30.3 Å². The van der Waals surface area contributed by atoms with Gasteiger partial charge in [0.15, 0.2) is 0 Å². The molecule has 0 saturated carbocycles. The fourth-order valence-corrected chi connectivity index (χ4v) is 2.48. The first-order valence-electron chi connectivity index (χ1n) is 7.77. The molecule has 24 heavy (non-hydrogen) atoms. The second kappa shape index (κ2) is 8.20. The van der Waals surface area contributed by atoms with Gasteiger partial charge in [0.25, 0.3) is 0 Å². The Bertz CT molecular complexity index is 708. The standard InChI is InChI=1S/C20H22O4/c1-5-24-19(21)13-14(2)15-9-11-16(12-10-15)20-17(22-3)7-6-8-18(20)23-4/h6-13H,5H2,1-4H3/b14-13+. The fourth-order valence-electron chi connectivity index (χ4n) is 2.48. The summed E-state index contributed by atoms with van der Waals surface area (Å²) in [6.07, 6.45) is 1.50. The second-order valence-electron chi connectivity index (χ2n) is 5.19. The number of benzene rings is 2. The molecule has 0 aliphatic carbocycles. The molecule has 0 fully saturated rings. The molecule has 0 aromatic heterocycles. The van der Waals surface area contributed by atoms with Gasteiger partial charge >= 0.3 is 5.97 Å². The minimum Gasteiger partial charge on any atom is -0.496 e. The maximum atomic E-state index is 11.6. The average Bonchev–Trinajstić information content (AvgIpc) is 2.61. The normalized spacial score (nSPS) is 11.1. The van der Waals surface area contributed by atoms with Gasteiger partial charge in [-0.15, -0.1) is 0 Å². The van der Waals surface area contributed by atoms with Crippen molar-refractivity contribution in [1.82, 2.24) is 0 Å². The van der Waals surface area contributed by atoms with E-state index in [9.17, 15) is 4.79 Å². The quantitative estimate of drug-likeness (QED) is 0.585. The van der Waals surface area contributed by atoms with Crippen molar-refractivity contribution in [2.24, 2.45) is 0 Å². The molecule has 0 unspecified atom stereocenters. The highest BCUT2D eigenvalue weighted by molar-refractivity contribution is 5.91. The summed E-state index contributed by atoms with van der Waals surface area (Å²) < 4.78 is 15.8. The Hall–Kier alpha value is -2.75. The van der Waals surface area contributed by atoms with Crippen molar-refractivity contribution >= 4 is 11.5 Å². The zero-order valence-corrected chi connectivity index (χ0v) is 14.5. The maximum absolute atomic E-state index is 11.6. The van der Waals surface area contributed by atoms with Gasteiger partial charge in [0.1, 0.15) is 11.5 Å². The molecule has 0 atom stereocenters. The van der Waals surface area contributed by atoms with Crippen LogP contribution in [0.25, 0.3) is 16.7 Å². The summed E-state index contributed by atoms with van der Waals surface area (Å²) in [5, 5.41) is 0. The van der Waals surface area contributed by atoms with Gasteiger partial charge in [0.05, 0.1) is 26.4 Å². The summed E-state index contributed by atoms with van der Waals surface area (Å²) in [5.74, 6) is 1.17. The molecule has 2 aromatic rings. The van der Waals surface area contributed by atoms with E-state index >= 15 is 0 Å². The van der Waals surface area contributed by atoms with Crippen molar-refractivity contribution < 1.29 is 19.0 Å². The van der Waals surface area contributed by atoms with Gasteiger partial charge in [-0.25, -0.2) is 4.79 Å². The zero-order chi connectivity index (χ0) is 17.5. The Morgan fingerprint density at radius 3 is 2.08 bits per heavy atom. The van der Waals surface area contributed by atoms with Crippen LogP contribution in [-0.2, 0) is 9.53 Å². The summed E-state index contributed by atoms with van der Waals surface area (Å²) in [6, 6.07) is 13.6. The Kier molecular flexibility index (Phi) is 6.01. The molecule has 0 heterocycles. The van der Waals surface area contributed by atoms with Crippen molar-refractivity contribution in [3.05, 3.63) is 54.1 Å². The number of esters is 1. The van der Waals surface area contributed by atoms with Gasteiger partial charge in [0.2, 0.25) is 0 Å². The van der Waals surface area contributed by atoms with Crippen molar-refractivity contribution in [2.75, 3.05) is 20.8 Å². The fraction of sp³-hybridized carbons (Fsp3) is 0.250. The average molecular weight is 326 g/mol. The first-order chi connectivity index (χ1) is 11.6. The summed E-state index contributed by atoms with van der Waals surface area (Å²) in [6.45, 7) is 4.04. The van der Waals surface area contributed by atoms with Crippen LogP contribution in [0.2, 0.25) is 0 Å². The van der Waals surface area contributed by atoms with Crippen molar-refractivity contribution in [3.8, 4) is 22.6 Å². The van der Waals surface area contributed by atoms with E-state index in [0.29, 0.717) is 6.61 Å². The molecular weight excluding hydrogens is 304 g/mol. The Morgan fingerprint density at radius 1 is 1.00 bits per heavy atom. The molecule has 0 saturated heterocycles. The summed E-state index contributed by atoms with van der Waals surface area (Å²) in [7, 11) is 3.28. The molecule has 0 aliphatic rings. The third kappa shape index (κ3) is 3.96. The lowest BCUT2D eigenvalue weighted by molar-refractivity contribution is -0.137. The lowest BCUT2D eigenvalue weighted by atomic mass is 9.99. The first-order valence-corrected chi connectivity index (χ1v) is 7.77. The summed E-state index contributed by atoms with van der Waals surface area (Å²) >= 11 is 0. The molecule has 0 amide bonds. The van der Waals surface area contributed by atoms with Gasteiger partial charge in [-0.3, -0.25) is 0 Å². The highest BCUT2D eigenvalue weighted by Crippen LogP contribution is 2.38. The molecule has 126 valence electrons. The van der Waals surface area contributed by atoms with Crippen LogP contribution in [0.1, 0.15) is 19.4 Å². The first kappa shape index (κ1) is 17.6. The molecule has 0 N–H and O–H groups in total. The van der Waals surface area contributed by atoms with Crippen LogP contribution in [0.4, 0.5) is 0 Å². The Morgan fingerprint density at radius 2 is 1.58 bits per heavy atom. The molecule has 4 heteroatoms. The Balaban J connectivity index is 2.35. The number of carbonyl (C=O) groups excluding carboxylic acids is 1. The number of carbonyl (C=O) groups is 1. The van der Waals surface area contributed by atoms with E-state index in [1.807, 2.05) is 49.4 Å². The van der Waals surface area contributed by atoms with Crippen LogP contribution in [0.5, 0.6) is 11.5 Å². The third-order valence-electron chi connectivity index (χ3n) is 3.68. The van der Waals surface area contributed by atoms with E-state index in [4.69, 9.17) is 14.2 Å². The minimum absolute atomic E-state index is 0.328. The highest BCUT2D eigenvalue weighted by Gasteiger charge is 2.12. The molecular formula is C20H22O4. The van der Waals surface area contributed by atoms with Gasteiger partial charge in [0, 0.05) is 6.08 Å². The summed E-state index contributed by atoms with van der Waals surface area (Å²) in [5.41, 5.74) is 3.70. The number of methoxy groups -OCH3 is 2. The molecule has 2 aromatic carbocycles. The molecule has 0 aliphatic heterocycles. The van der Waals surface area contributed by atoms with E-state index in [1.54, 1.807) is 21.1 Å². The molecule has 0 radical (unpaired) electrons. The Labute approximate surface area is 142 Å². The van der Waals surface area contributed by atoms with Crippen LogP contribution < -0.4 is 9.47 Å². The van der Waals surface area contributed by atoms with Crippen LogP contribution >= 0.6 is 0 Å². The monoisotopic (exact) mass is 326 g/mol. The summed E-state index contributed by atoms with van der Waals surface area (Å²) in [4.78, 5) is 11.6. The van der Waals surface area contributed by atoms with E-state index in [0.717, 1.165) is 33.8 Å². The minimum atomic E-state index is -0.328. The van der Waals surface area contributed by atoms with E-state index in [1.165, 1.54) is 6.08 Å². The van der Waals surface area contributed by atoms with Crippen LogP contribution in [0, 0.1) is 0 Å². The number of hydrogen-bond acceptors (Lipinski definition) is 4. The maximum Gasteiger partial charge on any atom is 0.331 e. The highest BCUT2D eigenvalue weighted by atomic mass is 16.5. The third-order valence-corrected chi connectivity index (χ3v) is 3.68. The van der Waals surface area contributed by atoms with Crippen LogP contribution in [0.15, 0.2) is 48.5 Å². The van der Waals surface area contributed by atoms with E-state index in [-0.39, 0.29) is 5.97 Å². The van der Waals surface area contributed by atoms with Crippen LogP contribution in [-0.4, -0.2) is 26.8 Å². The molecule has 0 spiro atoms. The van der Waals surface area contributed by atoms with Gasteiger partial charge in [-0.05, 0) is 42.7 Å². The molecule has 4 nitrogen and oxygen atoms in total. The lowest BCUT2D eigenvalue weighted by Gasteiger charge is -2.13. The molecule has 0 bridgehead atoms. The van der Waals surface area contributed by atoms with Crippen LogP contribution in [0.3, 0.4) is 0 Å². The van der Waals surface area contributed by atoms with Crippen molar-refractivity contribution in [2.45, 2.75) is 13.8 Å². The van der Waals surface area contributed by atoms with E-state index < -0.39 is 0 Å². The number of ether oxygens (including phenoxy) is 3. The number of rotatable bonds is 6. The second-order valence-corrected chi connectivity index (χ2v) is 5.19. The van der Waals surface area contributed by atoms with E-state index in [2.05, 4.69) is 0 Å². The largest absolute Gasteiger partial charge is 0.496 e. The van der Waals surface area contributed by atoms with Crippen molar-refractivity contribution in [3.63, 3.8) is 0 Å². The van der Waals surface area contributed by atoms with Gasteiger partial charge < -0.3 is 14.2 Å². The number of hydrogen-bond donors (Lipinski definition) is 0. The predicted octanol–water partition coefficient (Wildman–Crippen LogP) is 4.34. The number of allylic oxidation sites excluding steroid dienone is 1. The molecule has 2 rings (SSSR count). The zero-order valence-electron chi connectivity index (χ0n) is 14.5. The van der Waals surface area contributed by atoms with Crippen molar-refractivity contribution in [1.29, 1.82) is 0 Å². The smallest absolute Gasteiger partial charge is 0.331 e. The SMILES string of the molecule is CCOC(=O)/C=C(\C)c1ccc(-c2c(OC)cccc2OC)cc1.